The Bertz CT molecular complexity index is 1050. The number of aliphatic imine (C=N–C) groups is 1. The lowest BCUT2D eigenvalue weighted by molar-refractivity contribution is 0.475. The van der Waals surface area contributed by atoms with Crippen LogP contribution in [0.5, 0.6) is 5.75 Å². The summed E-state index contributed by atoms with van der Waals surface area (Å²) in [4.78, 5) is 9.18. The number of hydrogen-bond donors (Lipinski definition) is 1. The highest BCUT2D eigenvalue weighted by atomic mass is 32.1. The number of aromatic nitrogens is 1. The highest BCUT2D eigenvalue weighted by Crippen LogP contribution is 2.31. The molecule has 0 aliphatic rings. The van der Waals surface area contributed by atoms with E-state index in [2.05, 4.69) is 30.1 Å². The molecule has 4 aromatic rings. The van der Waals surface area contributed by atoms with Crippen molar-refractivity contribution in [2.75, 3.05) is 0 Å². The van der Waals surface area contributed by atoms with Gasteiger partial charge in [-0.15, -0.1) is 11.3 Å². The molecule has 122 valence electrons. The summed E-state index contributed by atoms with van der Waals surface area (Å²) in [6.07, 6.45) is 1.79. The van der Waals surface area contributed by atoms with E-state index in [1.54, 1.807) is 29.7 Å². The third-order valence-electron chi connectivity index (χ3n) is 3.91. The molecule has 0 atom stereocenters. The molecule has 0 bridgehead atoms. The molecule has 1 aromatic heterocycles. The van der Waals surface area contributed by atoms with E-state index in [0.717, 1.165) is 27.3 Å². The van der Waals surface area contributed by atoms with Crippen molar-refractivity contribution in [1.29, 1.82) is 0 Å². The molecule has 0 aliphatic heterocycles. The third-order valence-corrected chi connectivity index (χ3v) is 4.98. The SMILES string of the molecule is Cc1ccc2nc(-c3ccc(N=Cc4ccc(O)cc4)cc3)sc2c1. The fraction of sp³-hybridized carbons (Fsp3) is 0.0476. The van der Waals surface area contributed by atoms with Crippen LogP contribution >= 0.6 is 11.3 Å². The predicted molar refractivity (Wildman–Crippen MR) is 105 cm³/mol. The van der Waals surface area contributed by atoms with Crippen LogP contribution in [0.2, 0.25) is 0 Å². The van der Waals surface area contributed by atoms with Crippen molar-refractivity contribution >= 4 is 33.5 Å². The number of fused-ring (bicyclic) bond motifs is 1. The second-order valence-corrected chi connectivity index (χ2v) is 6.92. The first kappa shape index (κ1) is 15.5. The Balaban J connectivity index is 1.57. The Morgan fingerprint density at radius 1 is 0.960 bits per heavy atom. The van der Waals surface area contributed by atoms with Crippen LogP contribution in [-0.4, -0.2) is 16.3 Å². The van der Waals surface area contributed by atoms with Crippen molar-refractivity contribution in [2.24, 2.45) is 4.99 Å². The van der Waals surface area contributed by atoms with Gasteiger partial charge in [0.05, 0.1) is 15.9 Å². The molecule has 4 heteroatoms. The van der Waals surface area contributed by atoms with E-state index in [1.165, 1.54) is 10.3 Å². The third kappa shape index (κ3) is 3.44. The summed E-state index contributed by atoms with van der Waals surface area (Å²) < 4.78 is 1.21. The number of aryl methyl sites for hydroxylation is 1. The highest BCUT2D eigenvalue weighted by molar-refractivity contribution is 7.21. The number of thiazole rings is 1. The van der Waals surface area contributed by atoms with Crippen LogP contribution in [0.4, 0.5) is 5.69 Å². The number of rotatable bonds is 3. The van der Waals surface area contributed by atoms with E-state index in [9.17, 15) is 5.11 Å². The Morgan fingerprint density at radius 3 is 2.48 bits per heavy atom. The summed E-state index contributed by atoms with van der Waals surface area (Å²) >= 11 is 1.71. The molecule has 0 aliphatic carbocycles. The molecule has 0 saturated heterocycles. The van der Waals surface area contributed by atoms with Crippen molar-refractivity contribution in [3.63, 3.8) is 0 Å². The monoisotopic (exact) mass is 344 g/mol. The lowest BCUT2D eigenvalue weighted by atomic mass is 10.2. The molecule has 0 fully saturated rings. The molecule has 3 nitrogen and oxygen atoms in total. The molecule has 1 N–H and O–H groups in total. The number of nitrogens with zero attached hydrogens (tertiary/aromatic N) is 2. The van der Waals surface area contributed by atoms with Crippen LogP contribution in [0.3, 0.4) is 0 Å². The van der Waals surface area contributed by atoms with Gasteiger partial charge < -0.3 is 5.11 Å². The minimum atomic E-state index is 0.257. The van der Waals surface area contributed by atoms with Crippen LogP contribution < -0.4 is 0 Å². The fourth-order valence-corrected chi connectivity index (χ4v) is 3.62. The van der Waals surface area contributed by atoms with Gasteiger partial charge in [-0.1, -0.05) is 6.07 Å². The van der Waals surface area contributed by atoms with Gasteiger partial charge in [0.15, 0.2) is 0 Å². The first-order chi connectivity index (χ1) is 12.2. The van der Waals surface area contributed by atoms with Crippen LogP contribution in [0.1, 0.15) is 11.1 Å². The largest absolute Gasteiger partial charge is 0.508 e. The molecule has 0 saturated carbocycles. The molecular weight excluding hydrogens is 328 g/mol. The second kappa shape index (κ2) is 6.49. The predicted octanol–water partition coefficient (Wildman–Crippen LogP) is 5.73. The van der Waals surface area contributed by atoms with E-state index < -0.39 is 0 Å². The average molecular weight is 344 g/mol. The average Bonchev–Trinajstić information content (AvgIpc) is 3.05. The van der Waals surface area contributed by atoms with Gasteiger partial charge in [-0.25, -0.2) is 4.98 Å². The van der Waals surface area contributed by atoms with Crippen molar-refractivity contribution in [1.82, 2.24) is 4.98 Å². The van der Waals surface area contributed by atoms with Gasteiger partial charge in [-0.3, -0.25) is 4.99 Å². The lowest BCUT2D eigenvalue weighted by Gasteiger charge is -1.98. The highest BCUT2D eigenvalue weighted by Gasteiger charge is 2.06. The summed E-state index contributed by atoms with van der Waals surface area (Å²) in [5.74, 6) is 0.257. The van der Waals surface area contributed by atoms with Gasteiger partial charge in [0, 0.05) is 11.8 Å². The molecule has 0 unspecified atom stereocenters. The molecule has 0 amide bonds. The van der Waals surface area contributed by atoms with Gasteiger partial charge in [-0.2, -0.15) is 0 Å². The standard InChI is InChI=1S/C21H16N2OS/c1-14-2-11-19-20(12-14)25-21(23-19)16-5-7-17(8-6-16)22-13-15-3-9-18(24)10-4-15/h2-13,24H,1H3. The first-order valence-electron chi connectivity index (χ1n) is 7.98. The minimum absolute atomic E-state index is 0.257. The Kier molecular flexibility index (Phi) is 4.04. The van der Waals surface area contributed by atoms with Crippen molar-refractivity contribution in [2.45, 2.75) is 6.92 Å². The summed E-state index contributed by atoms with van der Waals surface area (Å²) in [6.45, 7) is 2.10. The zero-order valence-corrected chi connectivity index (χ0v) is 14.5. The van der Waals surface area contributed by atoms with Gasteiger partial charge in [0.25, 0.3) is 0 Å². The molecule has 0 spiro atoms. The maximum absolute atomic E-state index is 9.30. The fourth-order valence-electron chi connectivity index (χ4n) is 2.55. The Labute approximate surface area is 150 Å². The minimum Gasteiger partial charge on any atom is -0.508 e. The van der Waals surface area contributed by atoms with Crippen LogP contribution in [-0.2, 0) is 0 Å². The van der Waals surface area contributed by atoms with Crippen LogP contribution in [0.15, 0.2) is 71.7 Å². The van der Waals surface area contributed by atoms with Crippen molar-refractivity contribution in [3.05, 3.63) is 77.9 Å². The molecule has 25 heavy (non-hydrogen) atoms. The number of benzene rings is 3. The number of phenolic OH excluding ortho intramolecular Hbond substituents is 1. The molecule has 3 aromatic carbocycles. The van der Waals surface area contributed by atoms with Crippen molar-refractivity contribution < 1.29 is 5.11 Å². The summed E-state index contributed by atoms with van der Waals surface area (Å²) in [5.41, 5.74) is 5.22. The summed E-state index contributed by atoms with van der Waals surface area (Å²) in [7, 11) is 0. The van der Waals surface area contributed by atoms with E-state index in [-0.39, 0.29) is 5.75 Å². The van der Waals surface area contributed by atoms with Gasteiger partial charge in [0.2, 0.25) is 0 Å². The number of phenols is 1. The number of aromatic hydroxyl groups is 1. The van der Waals surface area contributed by atoms with Crippen molar-refractivity contribution in [3.8, 4) is 16.3 Å². The Hall–Kier alpha value is -2.98. The number of hydrogen-bond acceptors (Lipinski definition) is 4. The molecule has 4 rings (SSSR count). The quantitative estimate of drug-likeness (QED) is 0.483. The molecule has 1 heterocycles. The molecule has 0 radical (unpaired) electrons. The topological polar surface area (TPSA) is 45.5 Å². The summed E-state index contributed by atoms with van der Waals surface area (Å²) in [6, 6.07) is 21.4. The van der Waals surface area contributed by atoms with E-state index in [1.807, 2.05) is 36.4 Å². The van der Waals surface area contributed by atoms with Gasteiger partial charge >= 0.3 is 0 Å². The maximum Gasteiger partial charge on any atom is 0.124 e. The van der Waals surface area contributed by atoms with Crippen LogP contribution in [0.25, 0.3) is 20.8 Å². The van der Waals surface area contributed by atoms with Crippen LogP contribution in [0, 0.1) is 6.92 Å². The van der Waals surface area contributed by atoms with Gasteiger partial charge in [-0.05, 0) is 78.7 Å². The van der Waals surface area contributed by atoms with E-state index >= 15 is 0 Å². The van der Waals surface area contributed by atoms with E-state index in [4.69, 9.17) is 4.98 Å². The first-order valence-corrected chi connectivity index (χ1v) is 8.80. The Morgan fingerprint density at radius 2 is 1.72 bits per heavy atom. The van der Waals surface area contributed by atoms with Gasteiger partial charge in [0.1, 0.15) is 10.8 Å². The summed E-state index contributed by atoms with van der Waals surface area (Å²) in [5, 5.41) is 10.3. The van der Waals surface area contributed by atoms with E-state index in [0.29, 0.717) is 0 Å². The maximum atomic E-state index is 9.30. The molecular formula is C21H16N2OS. The second-order valence-electron chi connectivity index (χ2n) is 5.89. The smallest absolute Gasteiger partial charge is 0.124 e. The zero-order chi connectivity index (χ0) is 17.2. The lowest BCUT2D eigenvalue weighted by Crippen LogP contribution is -1.79. The zero-order valence-electron chi connectivity index (χ0n) is 13.7. The normalized spacial score (nSPS) is 11.4.